The number of carbonyl (C=O) groups is 1. The zero-order valence-corrected chi connectivity index (χ0v) is 18.6. The molecule has 0 saturated carbocycles. The Hall–Kier alpha value is -0.870. The van der Waals surface area contributed by atoms with E-state index >= 15 is 0 Å². The number of carboxylic acid groups (broad SMARTS) is 1. The summed E-state index contributed by atoms with van der Waals surface area (Å²) in [5.41, 5.74) is -0.378. The molecule has 4 nitrogen and oxygen atoms in total. The number of unbranched alkanes of at least 4 members (excludes halogenated alkanes) is 14. The van der Waals surface area contributed by atoms with E-state index < -0.39 is 12.3 Å². The molecule has 0 amide bonds. The van der Waals surface area contributed by atoms with Gasteiger partial charge in [0.1, 0.15) is 0 Å². The minimum Gasteiger partial charge on any atom is -0.481 e. The van der Waals surface area contributed by atoms with Crippen LogP contribution >= 0.6 is 0 Å². The van der Waals surface area contributed by atoms with Gasteiger partial charge in [-0.2, -0.15) is 0 Å². The predicted molar refractivity (Wildman–Crippen MR) is 120 cm³/mol. The van der Waals surface area contributed by atoms with Crippen molar-refractivity contribution in [3.63, 3.8) is 0 Å². The summed E-state index contributed by atoms with van der Waals surface area (Å²) in [6.45, 7) is 0. The monoisotopic (exact) mass is 410 g/mol. The topological polar surface area (TPSA) is 77.8 Å². The van der Waals surface area contributed by atoms with E-state index in [-0.39, 0.29) is 5.41 Å². The first-order chi connectivity index (χ1) is 14.1. The van der Waals surface area contributed by atoms with Crippen LogP contribution in [0.5, 0.6) is 0 Å². The van der Waals surface area contributed by atoms with Crippen molar-refractivity contribution in [1.82, 2.24) is 0 Å². The van der Waals surface area contributed by atoms with Gasteiger partial charge in [0.2, 0.25) is 0 Å². The molecule has 0 fully saturated rings. The number of hydrogen-bond acceptors (Lipinski definition) is 3. The molecular formula is C25H46O4. The van der Waals surface area contributed by atoms with Crippen molar-refractivity contribution in [2.75, 3.05) is 0 Å². The molecule has 0 heterocycles. The standard InChI is InChI=1S/C25H46O4/c26-23(27)19-15-12-10-8-6-4-2-1-3-5-7-9-11-13-16-20-25(24(28)29)21-17-14-18-22-25/h17,21,24,28-29H,1-16,18-20,22H2,(H,26,27). The highest BCUT2D eigenvalue weighted by Gasteiger charge is 2.34. The van der Waals surface area contributed by atoms with E-state index in [0.29, 0.717) is 6.42 Å². The molecule has 4 heteroatoms. The molecule has 0 aromatic rings. The van der Waals surface area contributed by atoms with E-state index in [9.17, 15) is 15.0 Å². The summed E-state index contributed by atoms with van der Waals surface area (Å²) in [7, 11) is 0. The quantitative estimate of drug-likeness (QED) is 0.125. The number of hydrogen-bond donors (Lipinski definition) is 3. The molecule has 0 aromatic heterocycles. The van der Waals surface area contributed by atoms with Crippen LogP contribution in [-0.2, 0) is 4.79 Å². The molecule has 1 rings (SSSR count). The lowest BCUT2D eigenvalue weighted by Crippen LogP contribution is -2.34. The zero-order chi connectivity index (χ0) is 21.2. The summed E-state index contributed by atoms with van der Waals surface area (Å²) in [6.07, 6.45) is 25.8. The number of aliphatic hydroxyl groups excluding tert-OH is 1. The highest BCUT2D eigenvalue weighted by Crippen LogP contribution is 2.38. The van der Waals surface area contributed by atoms with Crippen LogP contribution in [0.2, 0.25) is 0 Å². The van der Waals surface area contributed by atoms with Gasteiger partial charge in [-0.3, -0.25) is 4.79 Å². The van der Waals surface area contributed by atoms with Gasteiger partial charge in [-0.05, 0) is 32.1 Å². The molecule has 0 aromatic carbocycles. The van der Waals surface area contributed by atoms with Crippen molar-refractivity contribution in [1.29, 1.82) is 0 Å². The van der Waals surface area contributed by atoms with Gasteiger partial charge in [-0.25, -0.2) is 0 Å². The van der Waals surface area contributed by atoms with Gasteiger partial charge in [0.15, 0.2) is 6.29 Å². The van der Waals surface area contributed by atoms with E-state index in [1.54, 1.807) is 0 Å². The highest BCUT2D eigenvalue weighted by molar-refractivity contribution is 5.66. The van der Waals surface area contributed by atoms with Gasteiger partial charge in [-0.1, -0.05) is 102 Å². The van der Waals surface area contributed by atoms with E-state index in [1.165, 1.54) is 77.0 Å². The summed E-state index contributed by atoms with van der Waals surface area (Å²) >= 11 is 0. The lowest BCUT2D eigenvalue weighted by molar-refractivity contribution is -0.137. The number of aliphatic hydroxyl groups is 2. The maximum Gasteiger partial charge on any atom is 0.303 e. The lowest BCUT2D eigenvalue weighted by atomic mass is 9.74. The molecule has 0 spiro atoms. The molecule has 1 aliphatic rings. The van der Waals surface area contributed by atoms with Crippen molar-refractivity contribution >= 4 is 5.97 Å². The third kappa shape index (κ3) is 13.1. The molecule has 1 unspecified atom stereocenters. The van der Waals surface area contributed by atoms with Crippen LogP contribution in [0, 0.1) is 5.41 Å². The Morgan fingerprint density at radius 1 is 0.759 bits per heavy atom. The first-order valence-electron chi connectivity index (χ1n) is 12.3. The molecule has 1 atom stereocenters. The first kappa shape index (κ1) is 26.2. The van der Waals surface area contributed by atoms with Crippen molar-refractivity contribution in [2.45, 2.75) is 135 Å². The second-order valence-corrected chi connectivity index (χ2v) is 9.10. The SMILES string of the molecule is O=C(O)CCCCCCCCCCCCCCCCCC1(C(O)O)C=CCCC1. The smallest absolute Gasteiger partial charge is 0.303 e. The molecular weight excluding hydrogens is 364 g/mol. The maximum atomic E-state index is 10.4. The van der Waals surface area contributed by atoms with Crippen LogP contribution in [-0.4, -0.2) is 27.6 Å². The van der Waals surface area contributed by atoms with E-state index in [1.807, 2.05) is 0 Å². The van der Waals surface area contributed by atoms with Gasteiger partial charge in [0.25, 0.3) is 0 Å². The fourth-order valence-corrected chi connectivity index (χ4v) is 4.53. The second-order valence-electron chi connectivity index (χ2n) is 9.10. The molecule has 0 aliphatic heterocycles. The number of allylic oxidation sites excluding steroid dienone is 1. The summed E-state index contributed by atoms with van der Waals surface area (Å²) in [4.78, 5) is 10.4. The molecule has 170 valence electrons. The van der Waals surface area contributed by atoms with E-state index in [4.69, 9.17) is 5.11 Å². The lowest BCUT2D eigenvalue weighted by Gasteiger charge is -2.35. The molecule has 0 radical (unpaired) electrons. The average Bonchev–Trinajstić information content (AvgIpc) is 2.70. The first-order valence-corrected chi connectivity index (χ1v) is 12.3. The minimum absolute atomic E-state index is 0.323. The van der Waals surface area contributed by atoms with Crippen LogP contribution in [0.4, 0.5) is 0 Å². The van der Waals surface area contributed by atoms with Crippen LogP contribution in [0.3, 0.4) is 0 Å². The van der Waals surface area contributed by atoms with Gasteiger partial charge in [-0.15, -0.1) is 0 Å². The largest absolute Gasteiger partial charge is 0.481 e. The Morgan fingerprint density at radius 2 is 1.21 bits per heavy atom. The molecule has 0 saturated heterocycles. The Balaban J connectivity index is 1.82. The van der Waals surface area contributed by atoms with Crippen LogP contribution < -0.4 is 0 Å². The second kappa shape index (κ2) is 16.9. The van der Waals surface area contributed by atoms with Crippen LogP contribution in [0.15, 0.2) is 12.2 Å². The summed E-state index contributed by atoms with van der Waals surface area (Å²) in [5.74, 6) is -0.670. The average molecular weight is 411 g/mol. The maximum absolute atomic E-state index is 10.4. The van der Waals surface area contributed by atoms with Gasteiger partial charge < -0.3 is 15.3 Å². The summed E-state index contributed by atoms with van der Waals surface area (Å²) in [6, 6.07) is 0. The van der Waals surface area contributed by atoms with Crippen molar-refractivity contribution in [3.8, 4) is 0 Å². The highest BCUT2D eigenvalue weighted by atomic mass is 16.5. The van der Waals surface area contributed by atoms with E-state index in [0.717, 1.165) is 44.9 Å². The van der Waals surface area contributed by atoms with Crippen LogP contribution in [0.25, 0.3) is 0 Å². The normalized spacial score (nSPS) is 19.1. The zero-order valence-electron chi connectivity index (χ0n) is 18.6. The molecule has 0 bridgehead atoms. The fraction of sp³-hybridized carbons (Fsp3) is 0.880. The number of carboxylic acids is 1. The Morgan fingerprint density at radius 3 is 1.59 bits per heavy atom. The van der Waals surface area contributed by atoms with Gasteiger partial charge in [0.05, 0.1) is 0 Å². The summed E-state index contributed by atoms with van der Waals surface area (Å²) in [5, 5.41) is 28.1. The Bertz CT molecular complexity index is 433. The molecule has 29 heavy (non-hydrogen) atoms. The van der Waals surface area contributed by atoms with Gasteiger partial charge in [0, 0.05) is 11.8 Å². The predicted octanol–water partition coefficient (Wildman–Crippen LogP) is 6.74. The van der Waals surface area contributed by atoms with Crippen LogP contribution in [0.1, 0.15) is 128 Å². The van der Waals surface area contributed by atoms with E-state index in [2.05, 4.69) is 12.2 Å². The number of rotatable bonds is 19. The minimum atomic E-state index is -1.21. The van der Waals surface area contributed by atoms with Gasteiger partial charge >= 0.3 is 5.97 Å². The molecule has 1 aliphatic carbocycles. The Labute approximate surface area is 178 Å². The fourth-order valence-electron chi connectivity index (χ4n) is 4.53. The molecule has 3 N–H and O–H groups in total. The number of aliphatic carboxylic acids is 1. The van der Waals surface area contributed by atoms with Crippen molar-refractivity contribution in [3.05, 3.63) is 12.2 Å². The third-order valence-electron chi connectivity index (χ3n) is 6.51. The third-order valence-corrected chi connectivity index (χ3v) is 6.51. The summed E-state index contributed by atoms with van der Waals surface area (Å²) < 4.78 is 0. The Kier molecular flexibility index (Phi) is 15.2. The van der Waals surface area contributed by atoms with Crippen molar-refractivity contribution in [2.24, 2.45) is 5.41 Å². The van der Waals surface area contributed by atoms with Crippen molar-refractivity contribution < 1.29 is 20.1 Å².